The molecule has 0 bridgehead atoms. The molecule has 4 heterocycles. The van der Waals surface area contributed by atoms with Crippen molar-refractivity contribution in [3.8, 4) is 11.6 Å². The first-order valence-corrected chi connectivity index (χ1v) is 7.83. The van der Waals surface area contributed by atoms with E-state index in [9.17, 15) is 8.42 Å². The van der Waals surface area contributed by atoms with Crippen molar-refractivity contribution in [3.63, 3.8) is 0 Å². The van der Waals surface area contributed by atoms with Crippen molar-refractivity contribution in [1.29, 1.82) is 0 Å². The summed E-state index contributed by atoms with van der Waals surface area (Å²) in [5.74, 6) is -0.534. The molecule has 4 rings (SSSR count). The van der Waals surface area contributed by atoms with Gasteiger partial charge in [0, 0.05) is 32.2 Å². The fraction of sp³-hybridized carbons (Fsp3) is 0.462. The molecular weight excluding hydrogens is 294 g/mol. The molecule has 0 atom stereocenters. The zero-order valence-corrected chi connectivity index (χ0v) is 11.7. The molecular formula is C13H15N3O4S. The summed E-state index contributed by atoms with van der Waals surface area (Å²) < 4.78 is 67.0. The molecule has 0 aromatic carbocycles. The monoisotopic (exact) mass is 313 g/mol. The normalized spacial score (nSPS) is 29.3. The average molecular weight is 313 g/mol. The van der Waals surface area contributed by atoms with Crippen LogP contribution in [0.1, 0.15) is 5.48 Å². The van der Waals surface area contributed by atoms with Crippen LogP contribution in [-0.4, -0.2) is 57.0 Å². The summed E-state index contributed by atoms with van der Waals surface area (Å²) in [5.41, 5.74) is 2.14. The smallest absolute Gasteiger partial charge is 0.257 e. The molecule has 0 radical (unpaired) electrons. The van der Waals surface area contributed by atoms with E-state index in [1.165, 1.54) is 4.31 Å². The lowest BCUT2D eigenvalue weighted by atomic mass is 10.2. The Morgan fingerprint density at radius 3 is 2.71 bits per heavy atom. The number of hydrogen-bond acceptors (Lipinski definition) is 6. The van der Waals surface area contributed by atoms with Crippen LogP contribution in [0.3, 0.4) is 0 Å². The maximum Gasteiger partial charge on any atom is 0.257 e. The van der Waals surface area contributed by atoms with Crippen LogP contribution in [0.25, 0.3) is 0 Å². The minimum Gasteiger partial charge on any atom is -0.484 e. The largest absolute Gasteiger partial charge is 0.484 e. The van der Waals surface area contributed by atoms with Crippen LogP contribution in [0, 0.1) is 0 Å². The van der Waals surface area contributed by atoms with E-state index in [1.54, 1.807) is 0 Å². The maximum atomic E-state index is 12.8. The molecule has 0 aliphatic carbocycles. The van der Waals surface area contributed by atoms with Gasteiger partial charge in [-0.25, -0.2) is 13.4 Å². The Morgan fingerprint density at radius 1 is 1.24 bits per heavy atom. The highest BCUT2D eigenvalue weighted by atomic mass is 32.2. The zero-order valence-electron chi connectivity index (χ0n) is 14.9. The van der Waals surface area contributed by atoms with Crippen molar-refractivity contribution >= 4 is 10.0 Å². The van der Waals surface area contributed by atoms with Crippen molar-refractivity contribution < 1.29 is 23.4 Å². The molecule has 1 N–H and O–H groups in total. The van der Waals surface area contributed by atoms with E-state index in [-0.39, 0.29) is 16.5 Å². The van der Waals surface area contributed by atoms with E-state index in [2.05, 4.69) is 10.3 Å². The van der Waals surface area contributed by atoms with Crippen LogP contribution in [-0.2, 0) is 10.0 Å². The topological polar surface area (TPSA) is 80.8 Å². The molecule has 0 saturated heterocycles. The summed E-state index contributed by atoms with van der Waals surface area (Å²) in [6, 6.07) is 1.12. The van der Waals surface area contributed by atoms with Gasteiger partial charge in [-0.1, -0.05) is 0 Å². The second-order valence-electron chi connectivity index (χ2n) is 4.97. The molecule has 0 unspecified atom stereocenters. The third-order valence-corrected chi connectivity index (χ3v) is 5.45. The first kappa shape index (κ1) is 9.39. The maximum absolute atomic E-state index is 12.8. The lowest BCUT2D eigenvalue weighted by Crippen LogP contribution is -2.32. The van der Waals surface area contributed by atoms with Gasteiger partial charge < -0.3 is 14.8 Å². The standard InChI is InChI=1S/C13H15N3O4S/c17-21(18,16-7-9-4-14-5-10(9)8-16)11-3-12-13(15-6-11)20-2-1-19-12/h3,6,14H,1-2,4-5,7-8H2/i1D2,2D2. The quantitative estimate of drug-likeness (QED) is 0.759. The Hall–Kier alpha value is -1.64. The predicted molar refractivity (Wildman–Crippen MR) is 73.9 cm³/mol. The predicted octanol–water partition coefficient (Wildman–Crippen LogP) is -0.243. The number of ether oxygens (including phenoxy) is 2. The molecule has 1 aromatic rings. The molecule has 3 aliphatic heterocycles. The highest BCUT2D eigenvalue weighted by Gasteiger charge is 2.34. The molecule has 0 amide bonds. The first-order chi connectivity index (χ1) is 11.6. The third-order valence-electron chi connectivity index (χ3n) is 3.69. The molecule has 1 aromatic heterocycles. The minimum absolute atomic E-state index is 0.151. The summed E-state index contributed by atoms with van der Waals surface area (Å²) in [7, 11) is -3.83. The zero-order chi connectivity index (χ0) is 18.0. The lowest BCUT2D eigenvalue weighted by molar-refractivity contribution is 0.163. The van der Waals surface area contributed by atoms with Gasteiger partial charge in [0.25, 0.3) is 5.88 Å². The number of aromatic nitrogens is 1. The van der Waals surface area contributed by atoms with Gasteiger partial charge in [-0.3, -0.25) is 0 Å². The van der Waals surface area contributed by atoms with Crippen molar-refractivity contribution in [3.05, 3.63) is 23.4 Å². The van der Waals surface area contributed by atoms with E-state index in [4.69, 9.17) is 15.0 Å². The van der Waals surface area contributed by atoms with Gasteiger partial charge in [0.05, 0.1) is 11.7 Å². The van der Waals surface area contributed by atoms with Crippen molar-refractivity contribution in [2.45, 2.75) is 4.90 Å². The Kier molecular flexibility index (Phi) is 2.10. The van der Waals surface area contributed by atoms with Gasteiger partial charge in [-0.05, 0) is 11.1 Å². The second-order valence-corrected chi connectivity index (χ2v) is 6.90. The van der Waals surface area contributed by atoms with E-state index in [1.807, 2.05) is 0 Å². The van der Waals surface area contributed by atoms with Crippen LogP contribution < -0.4 is 14.8 Å². The second kappa shape index (κ2) is 4.69. The van der Waals surface area contributed by atoms with Gasteiger partial charge in [-0.15, -0.1) is 0 Å². The van der Waals surface area contributed by atoms with Crippen LogP contribution in [0.4, 0.5) is 0 Å². The van der Waals surface area contributed by atoms with E-state index >= 15 is 0 Å². The Labute approximate surface area is 128 Å². The van der Waals surface area contributed by atoms with Crippen molar-refractivity contribution in [2.75, 3.05) is 39.3 Å². The highest BCUT2D eigenvalue weighted by Crippen LogP contribution is 2.32. The number of pyridine rings is 1. The van der Waals surface area contributed by atoms with Crippen molar-refractivity contribution in [2.24, 2.45) is 0 Å². The number of rotatable bonds is 2. The third kappa shape index (κ3) is 2.10. The summed E-state index contributed by atoms with van der Waals surface area (Å²) in [6.07, 6.45) is 1.07. The van der Waals surface area contributed by atoms with Gasteiger partial charge in [0.15, 0.2) is 5.75 Å². The summed E-state index contributed by atoms with van der Waals surface area (Å²) >= 11 is 0. The van der Waals surface area contributed by atoms with E-state index in [0.29, 0.717) is 26.2 Å². The van der Waals surface area contributed by atoms with E-state index < -0.39 is 23.1 Å². The summed E-state index contributed by atoms with van der Waals surface area (Å²) in [5, 5.41) is 3.17. The van der Waals surface area contributed by atoms with Gasteiger partial charge in [0.2, 0.25) is 10.0 Å². The number of nitrogens with zero attached hydrogens (tertiary/aromatic N) is 2. The highest BCUT2D eigenvalue weighted by molar-refractivity contribution is 7.89. The van der Waals surface area contributed by atoms with E-state index in [0.717, 1.165) is 23.4 Å². The molecule has 0 fully saturated rings. The minimum atomic E-state index is -3.83. The Morgan fingerprint density at radius 2 is 1.95 bits per heavy atom. The first-order valence-electron chi connectivity index (χ1n) is 8.39. The van der Waals surface area contributed by atoms with Crippen LogP contribution in [0.5, 0.6) is 11.6 Å². The summed E-state index contributed by atoms with van der Waals surface area (Å²) in [4.78, 5) is 3.65. The molecule has 0 saturated carbocycles. The van der Waals surface area contributed by atoms with Crippen LogP contribution in [0.2, 0.25) is 0 Å². The fourth-order valence-electron chi connectivity index (χ4n) is 2.60. The molecule has 3 aliphatic rings. The SMILES string of the molecule is [2H]C1([2H])Oc2cc(S(=O)(=O)N3CC4=C(CNC4)C3)cnc2OC1([2H])[2H]. The molecule has 112 valence electrons. The average Bonchev–Trinajstić information content (AvgIpc) is 3.08. The molecule has 0 spiro atoms. The number of nitrogens with one attached hydrogen (secondary N) is 1. The van der Waals surface area contributed by atoms with Gasteiger partial charge in [-0.2, -0.15) is 4.31 Å². The number of fused-ring (bicyclic) bond motifs is 1. The molecule has 21 heavy (non-hydrogen) atoms. The van der Waals surface area contributed by atoms with Gasteiger partial charge in [0.1, 0.15) is 18.0 Å². The fourth-order valence-corrected chi connectivity index (χ4v) is 3.99. The van der Waals surface area contributed by atoms with Crippen LogP contribution >= 0.6 is 0 Å². The Bertz CT molecular complexity index is 871. The molecule has 8 heteroatoms. The number of sulfonamides is 1. The van der Waals surface area contributed by atoms with Gasteiger partial charge >= 0.3 is 0 Å². The van der Waals surface area contributed by atoms with Crippen molar-refractivity contribution in [1.82, 2.24) is 14.6 Å². The lowest BCUT2D eigenvalue weighted by Gasteiger charge is -2.20. The molecule has 7 nitrogen and oxygen atoms in total. The van der Waals surface area contributed by atoms with Crippen LogP contribution in [0.15, 0.2) is 28.3 Å². The summed E-state index contributed by atoms with van der Waals surface area (Å²) in [6.45, 7) is -3.54. The number of hydrogen-bond donors (Lipinski definition) is 1. The Balaban J connectivity index is 1.65.